The number of nitrogens with two attached hydrogens (primary N) is 1. The van der Waals surface area contributed by atoms with E-state index in [0.717, 1.165) is 49.9 Å². The molecule has 1 fully saturated rings. The van der Waals surface area contributed by atoms with Crippen molar-refractivity contribution in [1.29, 1.82) is 0 Å². The van der Waals surface area contributed by atoms with E-state index < -0.39 is 0 Å². The fraction of sp³-hybridized carbons (Fsp3) is 0.368. The molecule has 0 atom stereocenters. The van der Waals surface area contributed by atoms with Gasteiger partial charge in [0.05, 0.1) is 0 Å². The highest BCUT2D eigenvalue weighted by molar-refractivity contribution is 7.99. The molecule has 1 saturated heterocycles. The summed E-state index contributed by atoms with van der Waals surface area (Å²) in [5.41, 5.74) is 7.64. The van der Waals surface area contributed by atoms with Crippen molar-refractivity contribution < 1.29 is 4.39 Å². The lowest BCUT2D eigenvalue weighted by molar-refractivity contribution is 0.259. The summed E-state index contributed by atoms with van der Waals surface area (Å²) in [5, 5.41) is 0. The van der Waals surface area contributed by atoms with Crippen molar-refractivity contribution >= 4 is 23.1 Å². The number of nitrogen functional groups attached to an aromatic ring is 1. The Labute approximate surface area is 147 Å². The SMILES string of the molecule is Nc1ccc(SCCCN2CCN(c3ccc(F)cc3)CC2)cc1. The second kappa shape index (κ2) is 8.40. The van der Waals surface area contributed by atoms with Crippen LogP contribution < -0.4 is 10.6 Å². The number of hydrogen-bond acceptors (Lipinski definition) is 4. The highest BCUT2D eigenvalue weighted by Crippen LogP contribution is 2.21. The van der Waals surface area contributed by atoms with Gasteiger partial charge in [0.25, 0.3) is 0 Å². The van der Waals surface area contributed by atoms with E-state index in [4.69, 9.17) is 5.73 Å². The fourth-order valence-electron chi connectivity index (χ4n) is 2.92. The van der Waals surface area contributed by atoms with E-state index in [2.05, 4.69) is 21.9 Å². The molecule has 3 nitrogen and oxygen atoms in total. The van der Waals surface area contributed by atoms with Crippen LogP contribution in [0.2, 0.25) is 0 Å². The monoisotopic (exact) mass is 345 g/mol. The molecule has 0 saturated carbocycles. The van der Waals surface area contributed by atoms with Crippen molar-refractivity contribution in [2.75, 3.05) is 49.1 Å². The zero-order valence-electron chi connectivity index (χ0n) is 13.8. The molecule has 0 bridgehead atoms. The Morgan fingerprint density at radius 2 is 1.58 bits per heavy atom. The molecule has 2 aromatic carbocycles. The normalized spacial score (nSPS) is 15.6. The van der Waals surface area contributed by atoms with Gasteiger partial charge in [0, 0.05) is 42.4 Å². The minimum Gasteiger partial charge on any atom is -0.399 e. The second-order valence-electron chi connectivity index (χ2n) is 6.08. The lowest BCUT2D eigenvalue weighted by atomic mass is 10.2. The van der Waals surface area contributed by atoms with Crippen molar-refractivity contribution in [3.05, 3.63) is 54.3 Å². The third-order valence-electron chi connectivity index (χ3n) is 4.33. The van der Waals surface area contributed by atoms with Crippen molar-refractivity contribution in [2.24, 2.45) is 0 Å². The first-order chi connectivity index (χ1) is 11.7. The first-order valence-corrected chi connectivity index (χ1v) is 9.40. The summed E-state index contributed by atoms with van der Waals surface area (Å²) in [5.74, 6) is 0.957. The van der Waals surface area contributed by atoms with Crippen LogP contribution in [-0.2, 0) is 0 Å². The van der Waals surface area contributed by atoms with Gasteiger partial charge in [-0.1, -0.05) is 0 Å². The number of benzene rings is 2. The topological polar surface area (TPSA) is 32.5 Å². The number of rotatable bonds is 6. The summed E-state index contributed by atoms with van der Waals surface area (Å²) in [7, 11) is 0. The highest BCUT2D eigenvalue weighted by atomic mass is 32.2. The Hall–Kier alpha value is -1.72. The predicted molar refractivity (Wildman–Crippen MR) is 101 cm³/mol. The molecule has 0 amide bonds. The number of hydrogen-bond donors (Lipinski definition) is 1. The van der Waals surface area contributed by atoms with Crippen LogP contribution in [0, 0.1) is 5.82 Å². The zero-order chi connectivity index (χ0) is 16.8. The molecule has 5 heteroatoms. The number of piperazine rings is 1. The highest BCUT2D eigenvalue weighted by Gasteiger charge is 2.16. The molecule has 1 aliphatic rings. The van der Waals surface area contributed by atoms with Crippen molar-refractivity contribution in [3.63, 3.8) is 0 Å². The third kappa shape index (κ3) is 4.89. The first-order valence-electron chi connectivity index (χ1n) is 8.42. The summed E-state index contributed by atoms with van der Waals surface area (Å²) >= 11 is 1.89. The van der Waals surface area contributed by atoms with Crippen LogP contribution in [0.1, 0.15) is 6.42 Å². The van der Waals surface area contributed by atoms with Gasteiger partial charge < -0.3 is 10.6 Å². The van der Waals surface area contributed by atoms with Gasteiger partial charge in [-0.25, -0.2) is 4.39 Å². The minimum atomic E-state index is -0.170. The molecule has 0 radical (unpaired) electrons. The molecule has 24 heavy (non-hydrogen) atoms. The van der Waals surface area contributed by atoms with Crippen LogP contribution in [0.5, 0.6) is 0 Å². The zero-order valence-corrected chi connectivity index (χ0v) is 14.6. The van der Waals surface area contributed by atoms with E-state index in [-0.39, 0.29) is 5.82 Å². The molecule has 1 heterocycles. The molecule has 0 aliphatic carbocycles. The maximum Gasteiger partial charge on any atom is 0.123 e. The van der Waals surface area contributed by atoms with Crippen LogP contribution in [0.25, 0.3) is 0 Å². The number of halogens is 1. The van der Waals surface area contributed by atoms with Gasteiger partial charge >= 0.3 is 0 Å². The molecule has 2 N–H and O–H groups in total. The van der Waals surface area contributed by atoms with E-state index in [0.29, 0.717) is 0 Å². The molecule has 2 aromatic rings. The van der Waals surface area contributed by atoms with Crippen LogP contribution in [0.4, 0.5) is 15.8 Å². The Balaban J connectivity index is 1.35. The fourth-order valence-corrected chi connectivity index (χ4v) is 3.76. The number of thioether (sulfide) groups is 1. The van der Waals surface area contributed by atoms with E-state index in [1.54, 1.807) is 0 Å². The molecular formula is C19H24FN3S. The maximum absolute atomic E-state index is 13.0. The third-order valence-corrected chi connectivity index (χ3v) is 5.43. The van der Waals surface area contributed by atoms with Gasteiger partial charge in [-0.15, -0.1) is 11.8 Å². The van der Waals surface area contributed by atoms with Gasteiger partial charge in [0.1, 0.15) is 5.82 Å². The largest absolute Gasteiger partial charge is 0.399 e. The lowest BCUT2D eigenvalue weighted by Gasteiger charge is -2.36. The van der Waals surface area contributed by atoms with Gasteiger partial charge in [-0.2, -0.15) is 0 Å². The summed E-state index contributed by atoms with van der Waals surface area (Å²) in [6.45, 7) is 5.31. The van der Waals surface area contributed by atoms with Gasteiger partial charge in [0.15, 0.2) is 0 Å². The molecular weight excluding hydrogens is 321 g/mol. The molecule has 0 unspecified atom stereocenters. The maximum atomic E-state index is 13.0. The minimum absolute atomic E-state index is 0.170. The number of anilines is 2. The van der Waals surface area contributed by atoms with Gasteiger partial charge in [0.2, 0.25) is 0 Å². The molecule has 1 aliphatic heterocycles. The van der Waals surface area contributed by atoms with Crippen molar-refractivity contribution in [1.82, 2.24) is 4.90 Å². The van der Waals surface area contributed by atoms with Crippen LogP contribution >= 0.6 is 11.8 Å². The molecule has 0 spiro atoms. The Morgan fingerprint density at radius 3 is 2.25 bits per heavy atom. The predicted octanol–water partition coefficient (Wildman–Crippen LogP) is 3.71. The van der Waals surface area contributed by atoms with Gasteiger partial charge in [-0.3, -0.25) is 4.90 Å². The summed E-state index contributed by atoms with van der Waals surface area (Å²) in [4.78, 5) is 6.13. The van der Waals surface area contributed by atoms with Crippen LogP contribution in [-0.4, -0.2) is 43.4 Å². The quantitative estimate of drug-likeness (QED) is 0.491. The first kappa shape index (κ1) is 17.1. The number of nitrogens with zero attached hydrogens (tertiary/aromatic N) is 2. The lowest BCUT2D eigenvalue weighted by Crippen LogP contribution is -2.46. The Kier molecular flexibility index (Phi) is 5.99. The average Bonchev–Trinajstić information content (AvgIpc) is 2.62. The summed E-state index contributed by atoms with van der Waals surface area (Å²) in [6.07, 6.45) is 1.19. The second-order valence-corrected chi connectivity index (χ2v) is 7.24. The smallest absolute Gasteiger partial charge is 0.123 e. The summed E-state index contributed by atoms with van der Waals surface area (Å²) < 4.78 is 13.0. The van der Waals surface area contributed by atoms with Gasteiger partial charge in [-0.05, 0) is 67.2 Å². The van der Waals surface area contributed by atoms with E-state index in [1.165, 1.54) is 23.4 Å². The van der Waals surface area contributed by atoms with Crippen molar-refractivity contribution in [2.45, 2.75) is 11.3 Å². The van der Waals surface area contributed by atoms with Crippen LogP contribution in [0.15, 0.2) is 53.4 Å². The summed E-state index contributed by atoms with van der Waals surface area (Å²) in [6, 6.07) is 14.9. The molecule has 0 aromatic heterocycles. The standard InChI is InChI=1S/C19H24FN3S/c20-16-2-6-18(7-3-16)23-13-11-22(12-14-23)10-1-15-24-19-8-4-17(21)5-9-19/h2-9H,1,10-15,21H2. The van der Waals surface area contributed by atoms with E-state index in [1.807, 2.05) is 36.0 Å². The Bertz CT molecular complexity index is 622. The van der Waals surface area contributed by atoms with E-state index in [9.17, 15) is 4.39 Å². The molecule has 128 valence electrons. The Morgan fingerprint density at radius 1 is 0.917 bits per heavy atom. The average molecular weight is 345 g/mol. The van der Waals surface area contributed by atoms with Crippen molar-refractivity contribution in [3.8, 4) is 0 Å². The molecule has 3 rings (SSSR count). The van der Waals surface area contributed by atoms with Crippen LogP contribution in [0.3, 0.4) is 0 Å². The van der Waals surface area contributed by atoms with E-state index >= 15 is 0 Å².